The predicted molar refractivity (Wildman–Crippen MR) is 123 cm³/mol. The minimum atomic E-state index is -0.762. The van der Waals surface area contributed by atoms with E-state index in [0.29, 0.717) is 16.6 Å². The van der Waals surface area contributed by atoms with Crippen LogP contribution in [-0.4, -0.2) is 75.7 Å². The molecule has 0 spiro atoms. The Morgan fingerprint density at radius 2 is 1.65 bits per heavy atom. The van der Waals surface area contributed by atoms with Gasteiger partial charge in [-0.25, -0.2) is 0 Å². The fourth-order valence-electron chi connectivity index (χ4n) is 1.02. The summed E-state index contributed by atoms with van der Waals surface area (Å²) in [5, 5.41) is 13.4. The first-order valence-corrected chi connectivity index (χ1v) is 16.3. The fraction of sp³-hybridized carbons (Fsp3) is 0.917. The van der Waals surface area contributed by atoms with Crippen molar-refractivity contribution in [3.63, 3.8) is 0 Å². The normalized spacial score (nSPS) is 12.4. The van der Waals surface area contributed by atoms with Crippen LogP contribution in [0.5, 0.6) is 0 Å². The zero-order valence-electron chi connectivity index (χ0n) is 13.1. The fourth-order valence-corrected chi connectivity index (χ4v) is 9.79. The summed E-state index contributed by atoms with van der Waals surface area (Å²) in [6, 6.07) is 0. The van der Waals surface area contributed by atoms with Crippen molar-refractivity contribution in [2.45, 2.75) is 0 Å². The van der Waals surface area contributed by atoms with Crippen LogP contribution in [-0.2, 0) is 15.6 Å². The molecule has 3 nitrogen and oxygen atoms in total. The topological polar surface area (TPSA) is 54.4 Å². The van der Waals surface area contributed by atoms with Gasteiger partial charge in [0.15, 0.2) is 5.12 Å². The number of hydrogen-bond donors (Lipinski definition) is 1. The molecule has 0 aliphatic rings. The summed E-state index contributed by atoms with van der Waals surface area (Å²) in [7, 11) is -0.762. The molecule has 1 atom stereocenters. The molecule has 0 aliphatic heterocycles. The summed E-state index contributed by atoms with van der Waals surface area (Å²) in [6.45, 7) is 0.161. The summed E-state index contributed by atoms with van der Waals surface area (Å²) in [6.07, 6.45) is 2.01. The standard InChI is InChI=1S/C12H24O3S8/c1-16-7-22-12(14)6-19-9-21-10-20-8-17-4-5-23(15)11-18-3-2-13/h13H,2-11H2,1H3. The minimum Gasteiger partial charge on any atom is -0.396 e. The Morgan fingerprint density at radius 1 is 0.957 bits per heavy atom. The Labute approximate surface area is 172 Å². The second-order valence-electron chi connectivity index (χ2n) is 3.84. The van der Waals surface area contributed by atoms with E-state index in [2.05, 4.69) is 0 Å². The van der Waals surface area contributed by atoms with Gasteiger partial charge in [-0.1, -0.05) is 11.8 Å². The van der Waals surface area contributed by atoms with Crippen molar-refractivity contribution >= 4 is 98.2 Å². The maximum Gasteiger partial charge on any atom is 0.199 e. The Hall–Kier alpha value is 2.23. The van der Waals surface area contributed by atoms with Crippen LogP contribution in [0.3, 0.4) is 0 Å². The molecule has 1 unspecified atom stereocenters. The molecule has 0 amide bonds. The van der Waals surface area contributed by atoms with Gasteiger partial charge in [0.25, 0.3) is 0 Å². The molecule has 11 heteroatoms. The number of rotatable bonds is 17. The molecule has 0 radical (unpaired) electrons. The van der Waals surface area contributed by atoms with E-state index in [0.717, 1.165) is 31.8 Å². The van der Waals surface area contributed by atoms with Crippen molar-refractivity contribution in [3.8, 4) is 0 Å². The lowest BCUT2D eigenvalue weighted by molar-refractivity contribution is -0.108. The molecular weight excluding hydrogens is 449 g/mol. The van der Waals surface area contributed by atoms with Crippen LogP contribution >= 0.6 is 82.3 Å². The molecule has 0 bridgehead atoms. The lowest BCUT2D eigenvalue weighted by Crippen LogP contribution is -2.03. The quantitative estimate of drug-likeness (QED) is 0.250. The average molecular weight is 473 g/mol. The SMILES string of the molecule is CSCSC(=O)CSCSCSCSCCS(=O)CSCCO. The van der Waals surface area contributed by atoms with Gasteiger partial charge in [-0.15, -0.1) is 47.0 Å². The average Bonchev–Trinajstić information content (AvgIpc) is 2.54. The van der Waals surface area contributed by atoms with Gasteiger partial charge in [-0.3, -0.25) is 9.00 Å². The summed E-state index contributed by atoms with van der Waals surface area (Å²) in [4.78, 5) is 11.4. The van der Waals surface area contributed by atoms with Gasteiger partial charge in [0.1, 0.15) is 0 Å². The highest BCUT2D eigenvalue weighted by molar-refractivity contribution is 8.27. The minimum absolute atomic E-state index is 0.161. The molecule has 0 saturated heterocycles. The Balaban J connectivity index is 3.18. The van der Waals surface area contributed by atoms with E-state index in [9.17, 15) is 9.00 Å². The third-order valence-corrected chi connectivity index (χ3v) is 12.1. The number of thioether (sulfide) groups is 7. The van der Waals surface area contributed by atoms with E-state index in [1.807, 2.05) is 41.5 Å². The highest BCUT2D eigenvalue weighted by atomic mass is 32.3. The molecule has 0 aromatic rings. The molecule has 0 saturated carbocycles. The molecular formula is C12H24O3S8. The maximum atomic E-state index is 11.6. The smallest absolute Gasteiger partial charge is 0.199 e. The van der Waals surface area contributed by atoms with E-state index in [1.165, 1.54) is 11.8 Å². The van der Waals surface area contributed by atoms with Crippen molar-refractivity contribution in [1.29, 1.82) is 0 Å². The molecule has 138 valence electrons. The van der Waals surface area contributed by atoms with Gasteiger partial charge in [0.2, 0.25) is 0 Å². The van der Waals surface area contributed by atoms with E-state index < -0.39 is 10.8 Å². The van der Waals surface area contributed by atoms with Crippen LogP contribution in [0.15, 0.2) is 0 Å². The second kappa shape index (κ2) is 20.5. The summed E-state index contributed by atoms with van der Waals surface area (Å²) in [5.41, 5.74) is 0. The highest BCUT2D eigenvalue weighted by Gasteiger charge is 2.02. The molecule has 0 aromatic carbocycles. The van der Waals surface area contributed by atoms with Crippen molar-refractivity contribution in [2.75, 3.05) is 61.3 Å². The Bertz CT molecular complexity index is 306. The second-order valence-corrected chi connectivity index (χ2v) is 14.3. The number of carbonyl (C=O) groups excluding carboxylic acids is 1. The molecule has 0 heterocycles. The van der Waals surface area contributed by atoms with E-state index in [4.69, 9.17) is 5.11 Å². The lowest BCUT2D eigenvalue weighted by Gasteiger charge is -2.03. The van der Waals surface area contributed by atoms with Gasteiger partial charge in [-0.2, -0.15) is 23.5 Å². The van der Waals surface area contributed by atoms with Crippen LogP contribution in [0, 0.1) is 0 Å². The number of aliphatic hydroxyl groups excluding tert-OH is 1. The van der Waals surface area contributed by atoms with Crippen molar-refractivity contribution in [2.24, 2.45) is 0 Å². The Kier molecular flexibility index (Phi) is 22.5. The lowest BCUT2D eigenvalue weighted by atomic mass is 10.9. The van der Waals surface area contributed by atoms with Crippen molar-refractivity contribution in [3.05, 3.63) is 0 Å². The monoisotopic (exact) mass is 472 g/mol. The Morgan fingerprint density at radius 3 is 2.35 bits per heavy atom. The molecule has 0 rings (SSSR count). The van der Waals surface area contributed by atoms with Crippen LogP contribution in [0.2, 0.25) is 0 Å². The van der Waals surface area contributed by atoms with Crippen LogP contribution in [0.1, 0.15) is 0 Å². The van der Waals surface area contributed by atoms with E-state index in [1.54, 1.807) is 35.3 Å². The third kappa shape index (κ3) is 20.4. The molecule has 23 heavy (non-hydrogen) atoms. The summed E-state index contributed by atoms with van der Waals surface area (Å²) >= 11 is 11.9. The first kappa shape index (κ1) is 25.2. The van der Waals surface area contributed by atoms with Gasteiger partial charge in [0, 0.05) is 48.4 Å². The largest absolute Gasteiger partial charge is 0.396 e. The zero-order chi connectivity index (χ0) is 17.2. The number of aliphatic hydroxyl groups is 1. The first-order chi connectivity index (χ1) is 11.2. The molecule has 1 N–H and O–H groups in total. The molecule has 0 aliphatic carbocycles. The van der Waals surface area contributed by atoms with Crippen molar-refractivity contribution < 1.29 is 14.1 Å². The van der Waals surface area contributed by atoms with Crippen LogP contribution in [0.4, 0.5) is 0 Å². The van der Waals surface area contributed by atoms with Crippen LogP contribution < -0.4 is 0 Å². The zero-order valence-corrected chi connectivity index (χ0v) is 19.6. The van der Waals surface area contributed by atoms with Gasteiger partial charge >= 0.3 is 0 Å². The summed E-state index contributed by atoms with van der Waals surface area (Å²) in [5.74, 6) is 2.95. The van der Waals surface area contributed by atoms with Crippen molar-refractivity contribution in [1.82, 2.24) is 0 Å². The predicted octanol–water partition coefficient (Wildman–Crippen LogP) is 3.80. The molecule has 0 fully saturated rings. The van der Waals surface area contributed by atoms with Gasteiger partial charge in [-0.05, 0) is 6.26 Å². The first-order valence-electron chi connectivity index (χ1n) is 6.69. The highest BCUT2D eigenvalue weighted by Crippen LogP contribution is 2.22. The maximum absolute atomic E-state index is 11.6. The van der Waals surface area contributed by atoms with Crippen LogP contribution in [0.25, 0.3) is 0 Å². The summed E-state index contributed by atoms with van der Waals surface area (Å²) < 4.78 is 11.6. The number of carbonyl (C=O) groups is 1. The third-order valence-electron chi connectivity index (χ3n) is 1.96. The van der Waals surface area contributed by atoms with E-state index in [-0.39, 0.29) is 11.7 Å². The van der Waals surface area contributed by atoms with Gasteiger partial charge in [0.05, 0.1) is 17.4 Å². The molecule has 0 aromatic heterocycles. The number of hydrogen-bond acceptors (Lipinski definition) is 10. The van der Waals surface area contributed by atoms with E-state index >= 15 is 0 Å². The van der Waals surface area contributed by atoms with Gasteiger partial charge < -0.3 is 5.11 Å².